The third-order valence-corrected chi connectivity index (χ3v) is 4.64. The Morgan fingerprint density at radius 2 is 1.67 bits per heavy atom. The van der Waals surface area contributed by atoms with E-state index in [1.165, 1.54) is 4.90 Å². The van der Waals surface area contributed by atoms with Crippen molar-refractivity contribution < 1.29 is 9.59 Å². The summed E-state index contributed by atoms with van der Waals surface area (Å²) in [7, 11) is 1.79. The van der Waals surface area contributed by atoms with Crippen LogP contribution in [0.1, 0.15) is 32.1 Å². The molecule has 1 aromatic heterocycles. The predicted molar refractivity (Wildman–Crippen MR) is 92.2 cm³/mol. The highest BCUT2D eigenvalue weighted by Gasteiger charge is 2.36. The van der Waals surface area contributed by atoms with Gasteiger partial charge < -0.3 is 5.73 Å². The lowest BCUT2D eigenvalue weighted by Crippen LogP contribution is -2.41. The molecule has 0 unspecified atom stereocenters. The molecule has 0 saturated carbocycles. The van der Waals surface area contributed by atoms with E-state index in [4.69, 9.17) is 5.73 Å². The number of aromatic nitrogens is 2. The van der Waals surface area contributed by atoms with E-state index < -0.39 is 0 Å². The van der Waals surface area contributed by atoms with Crippen molar-refractivity contribution in [1.82, 2.24) is 9.78 Å². The Morgan fingerprint density at radius 3 is 2.29 bits per heavy atom. The van der Waals surface area contributed by atoms with Crippen molar-refractivity contribution in [2.75, 3.05) is 10.6 Å². The predicted octanol–water partition coefficient (Wildman–Crippen LogP) is 2.57. The van der Waals surface area contributed by atoms with E-state index in [-0.39, 0.29) is 11.8 Å². The van der Waals surface area contributed by atoms with Gasteiger partial charge in [0.15, 0.2) is 0 Å². The van der Waals surface area contributed by atoms with E-state index >= 15 is 0 Å². The molecule has 0 saturated heterocycles. The van der Waals surface area contributed by atoms with E-state index in [1.807, 2.05) is 13.0 Å². The van der Waals surface area contributed by atoms with Gasteiger partial charge in [0.2, 0.25) is 0 Å². The Labute approximate surface area is 138 Å². The summed E-state index contributed by atoms with van der Waals surface area (Å²) < 4.78 is 1.67. The Balaban J connectivity index is 2.04. The molecule has 0 spiro atoms. The maximum absolute atomic E-state index is 13.1. The fraction of sp³-hybridized carbons (Fsp3) is 0.167. The quantitative estimate of drug-likeness (QED) is 0.552. The number of carbonyl (C=O) groups is 2. The van der Waals surface area contributed by atoms with Crippen molar-refractivity contribution in [3.63, 3.8) is 0 Å². The van der Waals surface area contributed by atoms with Crippen LogP contribution >= 0.6 is 0 Å². The van der Waals surface area contributed by atoms with Gasteiger partial charge in [-0.2, -0.15) is 5.10 Å². The number of nitrogens with zero attached hydrogens (tertiary/aromatic N) is 3. The first-order chi connectivity index (χ1) is 11.4. The third kappa shape index (κ3) is 1.68. The van der Waals surface area contributed by atoms with Gasteiger partial charge in [0.05, 0.1) is 17.1 Å². The second-order valence-electron chi connectivity index (χ2n) is 6.02. The Hall–Kier alpha value is -3.15. The summed E-state index contributed by atoms with van der Waals surface area (Å²) in [6.07, 6.45) is 0. The second-order valence-corrected chi connectivity index (χ2v) is 6.02. The Kier molecular flexibility index (Phi) is 2.81. The number of aryl methyl sites for hydroxylation is 2. The van der Waals surface area contributed by atoms with E-state index in [0.29, 0.717) is 33.6 Å². The highest BCUT2D eigenvalue weighted by atomic mass is 16.2. The standard InChI is InChI=1S/C18H16N4O2/c1-9-16(10(2)21(3)20-9)22-17(23)12-6-4-5-11-14(19)8-7-13(15(11)12)18(22)24/h4-8H,19H2,1-3H3. The minimum atomic E-state index is -0.345. The minimum Gasteiger partial charge on any atom is -0.398 e. The zero-order valence-corrected chi connectivity index (χ0v) is 13.6. The van der Waals surface area contributed by atoms with Crippen molar-refractivity contribution in [3.05, 3.63) is 52.8 Å². The first kappa shape index (κ1) is 14.4. The van der Waals surface area contributed by atoms with Crippen molar-refractivity contribution in [2.24, 2.45) is 7.05 Å². The zero-order valence-electron chi connectivity index (χ0n) is 13.6. The molecule has 1 aliphatic heterocycles. The lowest BCUT2D eigenvalue weighted by molar-refractivity contribution is 0.0893. The Morgan fingerprint density at radius 1 is 1.00 bits per heavy atom. The molecule has 120 valence electrons. The van der Waals surface area contributed by atoms with Gasteiger partial charge in [0.25, 0.3) is 11.8 Å². The Bertz CT molecular complexity index is 1030. The highest BCUT2D eigenvalue weighted by molar-refractivity contribution is 6.36. The monoisotopic (exact) mass is 320 g/mol. The molecule has 0 atom stereocenters. The molecule has 0 radical (unpaired) electrons. The van der Waals surface area contributed by atoms with Crippen LogP contribution < -0.4 is 10.6 Å². The highest BCUT2D eigenvalue weighted by Crippen LogP contribution is 2.36. The fourth-order valence-electron chi connectivity index (χ4n) is 3.41. The summed E-state index contributed by atoms with van der Waals surface area (Å²) in [5.74, 6) is -0.689. The smallest absolute Gasteiger partial charge is 0.266 e. The topological polar surface area (TPSA) is 81.2 Å². The number of hydrogen-bond donors (Lipinski definition) is 1. The van der Waals surface area contributed by atoms with Crippen LogP contribution in [0.4, 0.5) is 11.4 Å². The number of imide groups is 1. The molecule has 24 heavy (non-hydrogen) atoms. The first-order valence-electron chi connectivity index (χ1n) is 7.62. The number of nitrogen functional groups attached to an aromatic ring is 1. The molecular formula is C18H16N4O2. The van der Waals surface area contributed by atoms with Gasteiger partial charge >= 0.3 is 0 Å². The number of rotatable bonds is 1. The summed E-state index contributed by atoms with van der Waals surface area (Å²) in [5, 5.41) is 5.68. The summed E-state index contributed by atoms with van der Waals surface area (Å²) in [4.78, 5) is 27.4. The third-order valence-electron chi connectivity index (χ3n) is 4.64. The summed E-state index contributed by atoms with van der Waals surface area (Å²) in [6, 6.07) is 8.73. The molecule has 0 bridgehead atoms. The van der Waals surface area contributed by atoms with Crippen molar-refractivity contribution >= 4 is 34.0 Å². The number of carbonyl (C=O) groups excluding carboxylic acids is 2. The van der Waals surface area contributed by atoms with Crippen molar-refractivity contribution in [3.8, 4) is 0 Å². The van der Waals surface area contributed by atoms with E-state index in [9.17, 15) is 9.59 Å². The van der Waals surface area contributed by atoms with Gasteiger partial charge in [0.1, 0.15) is 0 Å². The van der Waals surface area contributed by atoms with Gasteiger partial charge in [-0.15, -0.1) is 0 Å². The SMILES string of the molecule is Cc1nn(C)c(C)c1N1C(=O)c2cccc3c(N)ccc(c23)C1=O. The van der Waals surface area contributed by atoms with Crippen LogP contribution in [0.3, 0.4) is 0 Å². The maximum Gasteiger partial charge on any atom is 0.266 e. The first-order valence-corrected chi connectivity index (χ1v) is 7.62. The normalized spacial score (nSPS) is 13.9. The number of nitrogens with two attached hydrogens (primary N) is 1. The lowest BCUT2D eigenvalue weighted by Gasteiger charge is -2.27. The van der Waals surface area contributed by atoms with Crippen LogP contribution in [0.15, 0.2) is 30.3 Å². The average Bonchev–Trinajstić information content (AvgIpc) is 2.80. The fourth-order valence-corrected chi connectivity index (χ4v) is 3.41. The molecule has 3 aromatic rings. The van der Waals surface area contributed by atoms with Crippen molar-refractivity contribution in [1.29, 1.82) is 0 Å². The van der Waals surface area contributed by atoms with Crippen LogP contribution in [0.2, 0.25) is 0 Å². The molecule has 2 heterocycles. The molecule has 2 aromatic carbocycles. The number of anilines is 2. The lowest BCUT2D eigenvalue weighted by atomic mass is 9.92. The molecule has 6 heteroatoms. The van der Waals surface area contributed by atoms with Crippen molar-refractivity contribution in [2.45, 2.75) is 13.8 Å². The van der Waals surface area contributed by atoms with E-state index in [0.717, 1.165) is 11.1 Å². The van der Waals surface area contributed by atoms with Crippen LogP contribution in [0, 0.1) is 13.8 Å². The van der Waals surface area contributed by atoms with Gasteiger partial charge in [-0.1, -0.05) is 12.1 Å². The van der Waals surface area contributed by atoms with E-state index in [1.54, 1.807) is 42.9 Å². The molecule has 6 nitrogen and oxygen atoms in total. The van der Waals surface area contributed by atoms with Gasteiger partial charge in [-0.3, -0.25) is 14.3 Å². The van der Waals surface area contributed by atoms with Gasteiger partial charge in [-0.05, 0) is 32.0 Å². The molecule has 0 fully saturated rings. The molecule has 1 aliphatic rings. The minimum absolute atomic E-state index is 0.345. The molecular weight excluding hydrogens is 304 g/mol. The molecule has 4 rings (SSSR count). The summed E-state index contributed by atoms with van der Waals surface area (Å²) in [5.41, 5.74) is 9.49. The van der Waals surface area contributed by atoms with Crippen LogP contribution in [-0.4, -0.2) is 21.6 Å². The van der Waals surface area contributed by atoms with Gasteiger partial charge in [-0.25, -0.2) is 4.90 Å². The average molecular weight is 320 g/mol. The van der Waals surface area contributed by atoms with Crippen LogP contribution in [-0.2, 0) is 7.05 Å². The summed E-state index contributed by atoms with van der Waals surface area (Å²) in [6.45, 7) is 3.64. The zero-order chi connectivity index (χ0) is 17.2. The maximum atomic E-state index is 13.1. The number of amides is 2. The number of benzene rings is 2. The van der Waals surface area contributed by atoms with Crippen LogP contribution in [0.5, 0.6) is 0 Å². The molecule has 0 aliphatic carbocycles. The number of hydrogen-bond acceptors (Lipinski definition) is 4. The van der Waals surface area contributed by atoms with E-state index in [2.05, 4.69) is 5.10 Å². The largest absolute Gasteiger partial charge is 0.398 e. The second kappa shape index (κ2) is 4.67. The molecule has 2 amide bonds. The molecule has 2 N–H and O–H groups in total. The van der Waals surface area contributed by atoms with Gasteiger partial charge in [0, 0.05) is 34.6 Å². The van der Waals surface area contributed by atoms with Crippen LogP contribution in [0.25, 0.3) is 10.8 Å². The summed E-state index contributed by atoms with van der Waals surface area (Å²) >= 11 is 0.